The Morgan fingerprint density at radius 3 is 2.56 bits per heavy atom. The number of anilines is 1. The number of hydrogen-bond acceptors (Lipinski definition) is 1. The van der Waals surface area contributed by atoms with Crippen molar-refractivity contribution in [1.82, 2.24) is 0 Å². The maximum absolute atomic E-state index is 3.07. The van der Waals surface area contributed by atoms with Gasteiger partial charge < -0.3 is 5.32 Å². The van der Waals surface area contributed by atoms with E-state index in [4.69, 9.17) is 0 Å². The zero-order valence-electron chi connectivity index (χ0n) is 5.81. The average molecular weight is 121 g/mol. The topological polar surface area (TPSA) is 12.0 Å². The van der Waals surface area contributed by atoms with E-state index in [-0.39, 0.29) is 0 Å². The second-order valence-corrected chi connectivity index (χ2v) is 2.12. The molecule has 1 rings (SSSR count). The molecule has 0 bridgehead atoms. The first kappa shape index (κ1) is 6.14. The van der Waals surface area contributed by atoms with Crippen molar-refractivity contribution in [2.45, 2.75) is 6.92 Å². The SMILES string of the molecule is CNc1cccc(C)c1. The first-order valence-electron chi connectivity index (χ1n) is 3.07. The Balaban J connectivity index is 2.94. The molecule has 0 atom stereocenters. The number of benzene rings is 1. The van der Waals surface area contributed by atoms with Gasteiger partial charge in [0.25, 0.3) is 0 Å². The summed E-state index contributed by atoms with van der Waals surface area (Å²) in [6.45, 7) is 2.08. The van der Waals surface area contributed by atoms with Gasteiger partial charge in [-0.3, -0.25) is 0 Å². The normalized spacial score (nSPS) is 9.11. The van der Waals surface area contributed by atoms with E-state index in [1.807, 2.05) is 19.2 Å². The van der Waals surface area contributed by atoms with Gasteiger partial charge in [0.2, 0.25) is 0 Å². The van der Waals surface area contributed by atoms with E-state index in [1.54, 1.807) is 0 Å². The number of hydrogen-bond donors (Lipinski definition) is 1. The third-order valence-electron chi connectivity index (χ3n) is 1.31. The van der Waals surface area contributed by atoms with Crippen molar-refractivity contribution in [3.05, 3.63) is 29.8 Å². The third-order valence-corrected chi connectivity index (χ3v) is 1.31. The fourth-order valence-electron chi connectivity index (χ4n) is 0.801. The summed E-state index contributed by atoms with van der Waals surface area (Å²) in [6.07, 6.45) is 0. The van der Waals surface area contributed by atoms with Crippen LogP contribution in [0.15, 0.2) is 24.3 Å². The molecule has 0 aliphatic heterocycles. The average Bonchev–Trinajstić information content (AvgIpc) is 1.88. The molecule has 48 valence electrons. The highest BCUT2D eigenvalue weighted by molar-refractivity contribution is 5.44. The van der Waals surface area contributed by atoms with Crippen molar-refractivity contribution < 1.29 is 0 Å². The van der Waals surface area contributed by atoms with Crippen molar-refractivity contribution in [1.29, 1.82) is 0 Å². The van der Waals surface area contributed by atoms with Gasteiger partial charge in [0.1, 0.15) is 0 Å². The van der Waals surface area contributed by atoms with Crippen LogP contribution in [0.2, 0.25) is 0 Å². The Labute approximate surface area is 55.7 Å². The van der Waals surface area contributed by atoms with Gasteiger partial charge in [-0.15, -0.1) is 0 Å². The van der Waals surface area contributed by atoms with Crippen LogP contribution in [0.5, 0.6) is 0 Å². The molecule has 1 aromatic carbocycles. The van der Waals surface area contributed by atoms with Crippen LogP contribution in [-0.4, -0.2) is 7.05 Å². The lowest BCUT2D eigenvalue weighted by Gasteiger charge is -1.98. The Morgan fingerprint density at radius 2 is 2.11 bits per heavy atom. The van der Waals surface area contributed by atoms with E-state index in [0.717, 1.165) is 0 Å². The third kappa shape index (κ3) is 1.46. The minimum atomic E-state index is 1.18. The van der Waals surface area contributed by atoms with Crippen LogP contribution in [0.3, 0.4) is 0 Å². The summed E-state index contributed by atoms with van der Waals surface area (Å²) < 4.78 is 0. The number of nitrogens with one attached hydrogen (secondary N) is 1. The Morgan fingerprint density at radius 1 is 1.33 bits per heavy atom. The lowest BCUT2D eigenvalue weighted by atomic mass is 10.2. The second-order valence-electron chi connectivity index (χ2n) is 2.12. The first-order valence-corrected chi connectivity index (χ1v) is 3.07. The van der Waals surface area contributed by atoms with Crippen LogP contribution in [0.1, 0.15) is 5.56 Å². The molecule has 1 heteroatoms. The lowest BCUT2D eigenvalue weighted by molar-refractivity contribution is 1.43. The second kappa shape index (κ2) is 2.53. The zero-order valence-corrected chi connectivity index (χ0v) is 5.81. The molecule has 0 unspecified atom stereocenters. The number of aryl methyl sites for hydroxylation is 1. The summed E-state index contributed by atoms with van der Waals surface area (Å²) in [5.41, 5.74) is 2.47. The molecular formula is C8H11N. The molecule has 0 fully saturated rings. The summed E-state index contributed by atoms with van der Waals surface area (Å²) >= 11 is 0. The summed E-state index contributed by atoms with van der Waals surface area (Å²) in [5, 5.41) is 3.07. The summed E-state index contributed by atoms with van der Waals surface area (Å²) in [6, 6.07) is 8.29. The van der Waals surface area contributed by atoms with E-state index in [9.17, 15) is 0 Å². The fourth-order valence-corrected chi connectivity index (χ4v) is 0.801. The zero-order chi connectivity index (χ0) is 6.69. The Bertz CT molecular complexity index is 194. The van der Waals surface area contributed by atoms with Crippen LogP contribution >= 0.6 is 0 Å². The molecular weight excluding hydrogens is 110 g/mol. The van der Waals surface area contributed by atoms with Crippen molar-refractivity contribution in [3.8, 4) is 0 Å². The molecule has 1 aromatic rings. The monoisotopic (exact) mass is 121 g/mol. The highest BCUT2D eigenvalue weighted by Crippen LogP contribution is 2.07. The summed E-state index contributed by atoms with van der Waals surface area (Å²) in [7, 11) is 1.93. The Hall–Kier alpha value is -0.980. The predicted octanol–water partition coefficient (Wildman–Crippen LogP) is 2.04. The maximum atomic E-state index is 3.07. The molecule has 1 nitrogen and oxygen atoms in total. The van der Waals surface area contributed by atoms with E-state index < -0.39 is 0 Å². The van der Waals surface area contributed by atoms with E-state index in [0.29, 0.717) is 0 Å². The molecule has 0 aliphatic rings. The summed E-state index contributed by atoms with van der Waals surface area (Å²) in [4.78, 5) is 0. The van der Waals surface area contributed by atoms with Crippen LogP contribution in [0.25, 0.3) is 0 Å². The highest BCUT2D eigenvalue weighted by Gasteiger charge is 1.84. The molecule has 0 saturated heterocycles. The van der Waals surface area contributed by atoms with Gasteiger partial charge in [0.05, 0.1) is 0 Å². The fraction of sp³-hybridized carbons (Fsp3) is 0.250. The van der Waals surface area contributed by atoms with Gasteiger partial charge in [0, 0.05) is 12.7 Å². The molecule has 0 radical (unpaired) electrons. The van der Waals surface area contributed by atoms with Gasteiger partial charge in [-0.2, -0.15) is 0 Å². The smallest absolute Gasteiger partial charge is 0.0340 e. The van der Waals surface area contributed by atoms with Crippen LogP contribution < -0.4 is 5.32 Å². The minimum absolute atomic E-state index is 1.18. The lowest BCUT2D eigenvalue weighted by Crippen LogP contribution is -1.86. The van der Waals surface area contributed by atoms with Gasteiger partial charge in [-0.25, -0.2) is 0 Å². The van der Waals surface area contributed by atoms with Gasteiger partial charge in [-0.1, -0.05) is 12.1 Å². The van der Waals surface area contributed by atoms with Gasteiger partial charge >= 0.3 is 0 Å². The molecule has 9 heavy (non-hydrogen) atoms. The standard InChI is InChI=1S/C8H11N/c1-7-4-3-5-8(6-7)9-2/h3-6,9H,1-2H3. The molecule has 0 aliphatic carbocycles. The van der Waals surface area contributed by atoms with E-state index in [2.05, 4.69) is 24.4 Å². The molecule has 0 heterocycles. The summed E-state index contributed by atoms with van der Waals surface area (Å²) in [5.74, 6) is 0. The van der Waals surface area contributed by atoms with Crippen LogP contribution in [-0.2, 0) is 0 Å². The minimum Gasteiger partial charge on any atom is -0.388 e. The first-order chi connectivity index (χ1) is 4.33. The molecule has 0 aromatic heterocycles. The highest BCUT2D eigenvalue weighted by atomic mass is 14.8. The van der Waals surface area contributed by atoms with Crippen molar-refractivity contribution >= 4 is 5.69 Å². The van der Waals surface area contributed by atoms with Crippen molar-refractivity contribution in [2.75, 3.05) is 12.4 Å². The molecule has 1 N–H and O–H groups in total. The van der Waals surface area contributed by atoms with Crippen LogP contribution in [0, 0.1) is 6.92 Å². The quantitative estimate of drug-likeness (QED) is 0.599. The number of rotatable bonds is 1. The molecule has 0 saturated carbocycles. The van der Waals surface area contributed by atoms with E-state index in [1.165, 1.54) is 11.3 Å². The molecule has 0 amide bonds. The molecule has 0 spiro atoms. The van der Waals surface area contributed by atoms with E-state index >= 15 is 0 Å². The maximum Gasteiger partial charge on any atom is 0.0340 e. The Kier molecular flexibility index (Phi) is 1.73. The van der Waals surface area contributed by atoms with Crippen molar-refractivity contribution in [3.63, 3.8) is 0 Å². The van der Waals surface area contributed by atoms with Crippen molar-refractivity contribution in [2.24, 2.45) is 0 Å². The largest absolute Gasteiger partial charge is 0.388 e. The van der Waals surface area contributed by atoms with Gasteiger partial charge in [-0.05, 0) is 24.6 Å². The predicted molar refractivity (Wildman–Crippen MR) is 40.7 cm³/mol. The van der Waals surface area contributed by atoms with Gasteiger partial charge in [0.15, 0.2) is 0 Å². The van der Waals surface area contributed by atoms with Crippen LogP contribution in [0.4, 0.5) is 5.69 Å².